The maximum atomic E-state index is 10.3. The van der Waals surface area contributed by atoms with Crippen LogP contribution in [-0.2, 0) is 10.3 Å². The molecule has 0 aliphatic carbocycles. The normalized spacial score (nSPS) is 22.3. The number of hydrogen-bond donors (Lipinski definition) is 2. The molecule has 0 radical (unpaired) electrons. The lowest BCUT2D eigenvalue weighted by Crippen LogP contribution is -2.49. The van der Waals surface area contributed by atoms with Crippen molar-refractivity contribution in [3.8, 4) is 5.75 Å². The third-order valence-electron chi connectivity index (χ3n) is 5.54. The standard InChI is InChI=1S/C25H27NO3/c1-28-22-14-12-21(13-15-22)25(19-8-4-2-5-9-19,20-10-6-3-7-11-20)26-18-24-23(27)16-17-29-24/h2-15,23-24,26-27H,16-18H2,1H3/t23-,24-/m1/s1/i17T/t17?,23-,24-. The van der Waals surface area contributed by atoms with Gasteiger partial charge in [0.15, 0.2) is 0 Å². The van der Waals surface area contributed by atoms with Crippen molar-refractivity contribution in [2.45, 2.75) is 24.2 Å². The molecule has 3 atom stereocenters. The Labute approximate surface area is 173 Å². The van der Waals surface area contributed by atoms with Crippen LogP contribution in [0, 0.1) is 0 Å². The molecule has 0 spiro atoms. The van der Waals surface area contributed by atoms with Gasteiger partial charge in [0.1, 0.15) is 5.75 Å². The lowest BCUT2D eigenvalue weighted by Gasteiger charge is -2.38. The molecule has 1 aliphatic rings. The van der Waals surface area contributed by atoms with Gasteiger partial charge < -0.3 is 14.6 Å². The molecule has 29 heavy (non-hydrogen) atoms. The molecule has 0 saturated carbocycles. The quantitative estimate of drug-likeness (QED) is 0.603. The molecule has 2 N–H and O–H groups in total. The van der Waals surface area contributed by atoms with Crippen molar-refractivity contribution in [1.29, 1.82) is 0 Å². The highest BCUT2D eigenvalue weighted by atomic mass is 16.5. The first-order valence-corrected chi connectivity index (χ1v) is 9.90. The minimum Gasteiger partial charge on any atom is -0.497 e. The first kappa shape index (κ1) is 18.4. The number of methoxy groups -OCH3 is 1. The molecule has 1 aliphatic heterocycles. The van der Waals surface area contributed by atoms with Crippen LogP contribution in [0.5, 0.6) is 5.75 Å². The number of aliphatic hydroxyl groups excluding tert-OH is 1. The first-order chi connectivity index (χ1) is 14.6. The van der Waals surface area contributed by atoms with Crippen molar-refractivity contribution < 1.29 is 16.0 Å². The predicted octanol–water partition coefficient (Wildman–Crippen LogP) is 3.73. The molecule has 0 amide bonds. The average Bonchev–Trinajstić information content (AvgIpc) is 3.13. The molecule has 4 rings (SSSR count). The van der Waals surface area contributed by atoms with Crippen molar-refractivity contribution in [1.82, 2.24) is 5.32 Å². The molecule has 4 heteroatoms. The van der Waals surface area contributed by atoms with E-state index in [0.29, 0.717) is 13.0 Å². The van der Waals surface area contributed by atoms with E-state index in [1.807, 2.05) is 48.5 Å². The Balaban J connectivity index is 1.82. The van der Waals surface area contributed by atoms with Crippen molar-refractivity contribution in [2.24, 2.45) is 0 Å². The molecule has 1 fully saturated rings. The SMILES string of the molecule is [3H]C1C[C@@H](O)[C@@H](CNC(c2ccccc2)(c2ccccc2)c2ccc(OC)cc2)O1. The molecule has 1 saturated heterocycles. The summed E-state index contributed by atoms with van der Waals surface area (Å²) < 4.78 is 18.9. The van der Waals surface area contributed by atoms with Crippen LogP contribution in [-0.4, -0.2) is 37.6 Å². The summed E-state index contributed by atoms with van der Waals surface area (Å²) in [5.41, 5.74) is 2.56. The number of benzene rings is 3. The smallest absolute Gasteiger partial charge is 0.118 e. The zero-order valence-electron chi connectivity index (χ0n) is 17.5. The van der Waals surface area contributed by atoms with Gasteiger partial charge in [0.25, 0.3) is 0 Å². The maximum Gasteiger partial charge on any atom is 0.118 e. The maximum absolute atomic E-state index is 10.3. The second kappa shape index (κ2) is 8.78. The molecule has 1 heterocycles. The fourth-order valence-corrected chi connectivity index (χ4v) is 3.98. The van der Waals surface area contributed by atoms with Crippen LogP contribution in [0.15, 0.2) is 84.9 Å². The molecule has 3 aromatic carbocycles. The fourth-order valence-electron chi connectivity index (χ4n) is 3.98. The summed E-state index contributed by atoms with van der Waals surface area (Å²) >= 11 is 0. The van der Waals surface area contributed by atoms with Crippen molar-refractivity contribution in [3.63, 3.8) is 0 Å². The van der Waals surface area contributed by atoms with Gasteiger partial charge in [0.05, 0.1) is 26.2 Å². The summed E-state index contributed by atoms with van der Waals surface area (Å²) in [7, 11) is 1.66. The molecule has 0 bridgehead atoms. The van der Waals surface area contributed by atoms with E-state index < -0.39 is 24.3 Å². The van der Waals surface area contributed by atoms with Gasteiger partial charge in [-0.15, -0.1) is 0 Å². The van der Waals surface area contributed by atoms with Gasteiger partial charge in [0, 0.05) is 13.1 Å². The monoisotopic (exact) mass is 391 g/mol. The summed E-state index contributed by atoms with van der Waals surface area (Å²) in [5, 5.41) is 14.0. The number of aliphatic hydroxyl groups is 1. The van der Waals surface area contributed by atoms with Crippen molar-refractivity contribution in [2.75, 3.05) is 20.2 Å². The van der Waals surface area contributed by atoms with E-state index in [-0.39, 0.29) is 0 Å². The zero-order chi connectivity index (χ0) is 21.0. The van der Waals surface area contributed by atoms with Crippen molar-refractivity contribution >= 4 is 0 Å². The van der Waals surface area contributed by atoms with Crippen LogP contribution in [0.25, 0.3) is 0 Å². The van der Waals surface area contributed by atoms with Gasteiger partial charge >= 0.3 is 0 Å². The minimum absolute atomic E-state index is 0.332. The number of hydrogen-bond acceptors (Lipinski definition) is 4. The van der Waals surface area contributed by atoms with E-state index in [4.69, 9.17) is 10.8 Å². The summed E-state index contributed by atoms with van der Waals surface area (Å²) in [6.07, 6.45) is -0.754. The highest BCUT2D eigenvalue weighted by molar-refractivity contribution is 5.50. The number of rotatable bonds is 7. The summed E-state index contributed by atoms with van der Waals surface area (Å²) in [6.45, 7) is -0.276. The second-order valence-corrected chi connectivity index (χ2v) is 7.24. The van der Waals surface area contributed by atoms with Gasteiger partial charge in [-0.3, -0.25) is 5.32 Å². The van der Waals surface area contributed by atoms with Crippen LogP contribution in [0.2, 0.25) is 0 Å². The van der Waals surface area contributed by atoms with E-state index >= 15 is 0 Å². The van der Waals surface area contributed by atoms with Crippen LogP contribution in [0.4, 0.5) is 0 Å². The predicted molar refractivity (Wildman–Crippen MR) is 114 cm³/mol. The van der Waals surface area contributed by atoms with E-state index in [1.165, 1.54) is 0 Å². The van der Waals surface area contributed by atoms with Gasteiger partial charge in [-0.25, -0.2) is 0 Å². The summed E-state index contributed by atoms with van der Waals surface area (Å²) in [5.74, 6) is 0.792. The Morgan fingerprint density at radius 3 is 2.00 bits per heavy atom. The van der Waals surface area contributed by atoms with Gasteiger partial charge in [-0.05, 0) is 35.2 Å². The lowest BCUT2D eigenvalue weighted by atomic mass is 9.77. The summed E-state index contributed by atoms with van der Waals surface area (Å²) in [4.78, 5) is 0. The van der Waals surface area contributed by atoms with E-state index in [0.717, 1.165) is 22.4 Å². The van der Waals surface area contributed by atoms with Crippen LogP contribution >= 0.6 is 0 Å². The van der Waals surface area contributed by atoms with Crippen LogP contribution in [0.3, 0.4) is 0 Å². The molecular weight excluding hydrogens is 362 g/mol. The minimum atomic E-state index is -0.685. The van der Waals surface area contributed by atoms with Crippen LogP contribution in [0.1, 0.15) is 24.5 Å². The molecule has 3 aromatic rings. The Hall–Kier alpha value is -2.66. The Kier molecular flexibility index (Phi) is 5.57. The molecule has 1 unspecified atom stereocenters. The fraction of sp³-hybridized carbons (Fsp3) is 0.280. The Bertz CT molecular complexity index is 894. The first-order valence-electron chi connectivity index (χ1n) is 10.5. The Morgan fingerprint density at radius 2 is 1.52 bits per heavy atom. The second-order valence-electron chi connectivity index (χ2n) is 7.24. The average molecular weight is 392 g/mol. The van der Waals surface area contributed by atoms with Gasteiger partial charge in [-0.2, -0.15) is 0 Å². The van der Waals surface area contributed by atoms with E-state index in [9.17, 15) is 5.11 Å². The molecule has 150 valence electrons. The summed E-state index contributed by atoms with van der Waals surface area (Å²) in [6, 6.07) is 28.5. The van der Waals surface area contributed by atoms with Gasteiger partial charge in [-0.1, -0.05) is 72.8 Å². The van der Waals surface area contributed by atoms with Crippen molar-refractivity contribution in [3.05, 3.63) is 102 Å². The van der Waals surface area contributed by atoms with Gasteiger partial charge in [0.2, 0.25) is 0 Å². The molecular formula is C25H27NO3. The molecule has 0 aromatic heterocycles. The topological polar surface area (TPSA) is 50.7 Å². The third-order valence-corrected chi connectivity index (χ3v) is 5.54. The number of nitrogens with one attached hydrogen (secondary N) is 1. The third kappa shape index (κ3) is 3.92. The zero-order valence-corrected chi connectivity index (χ0v) is 16.5. The largest absolute Gasteiger partial charge is 0.497 e. The van der Waals surface area contributed by atoms with E-state index in [2.05, 4.69) is 41.7 Å². The van der Waals surface area contributed by atoms with E-state index in [1.54, 1.807) is 7.11 Å². The Morgan fingerprint density at radius 1 is 0.966 bits per heavy atom. The number of ether oxygens (including phenoxy) is 2. The lowest BCUT2D eigenvalue weighted by molar-refractivity contribution is 0.0395. The molecule has 4 nitrogen and oxygen atoms in total. The van der Waals surface area contributed by atoms with Crippen LogP contribution < -0.4 is 10.1 Å². The highest BCUT2D eigenvalue weighted by Gasteiger charge is 2.38. The highest BCUT2D eigenvalue weighted by Crippen LogP contribution is 2.37.